The van der Waals surface area contributed by atoms with Gasteiger partial charge in [-0.15, -0.1) is 0 Å². The monoisotopic (exact) mass is 408 g/mol. The molecule has 4 aromatic rings. The Kier molecular flexibility index (Phi) is 4.95. The number of carboxylic acid groups (broad SMARTS) is 1. The Morgan fingerprint density at radius 2 is 1.93 bits per heavy atom. The second kappa shape index (κ2) is 7.59. The molecule has 0 atom stereocenters. The number of benzene rings is 2. The standard InChI is InChI=1S/C23H18F2N2O3/c1-2-13-5-8-19-17(10-13)20(16-4-3-9-26-22(16)28)21(23(29)30)27(19)12-14-6-7-15(24)11-18(14)25/h3-11H,2,12H2,1H3,(H,26,28)(H,29,30). The Balaban J connectivity index is 2.07. The number of aryl methyl sites for hydroxylation is 1. The number of aromatic carboxylic acids is 1. The molecule has 0 saturated carbocycles. The van der Waals surface area contributed by atoms with E-state index in [1.165, 1.54) is 16.8 Å². The number of carboxylic acids is 1. The average molecular weight is 408 g/mol. The van der Waals surface area contributed by atoms with Crippen LogP contribution < -0.4 is 5.56 Å². The first-order valence-corrected chi connectivity index (χ1v) is 9.41. The highest BCUT2D eigenvalue weighted by atomic mass is 19.1. The highest BCUT2D eigenvalue weighted by molar-refractivity contribution is 6.08. The van der Waals surface area contributed by atoms with E-state index in [0.717, 1.165) is 24.1 Å². The van der Waals surface area contributed by atoms with Gasteiger partial charge in [0.25, 0.3) is 5.56 Å². The fraction of sp³-hybridized carbons (Fsp3) is 0.130. The number of hydrogen-bond donors (Lipinski definition) is 2. The third-order valence-electron chi connectivity index (χ3n) is 5.17. The Bertz CT molecular complexity index is 1340. The topological polar surface area (TPSA) is 75.1 Å². The van der Waals surface area contributed by atoms with Crippen LogP contribution in [0.1, 0.15) is 28.5 Å². The molecule has 7 heteroatoms. The minimum Gasteiger partial charge on any atom is -0.477 e. The summed E-state index contributed by atoms with van der Waals surface area (Å²) in [5.41, 5.74) is 1.60. The van der Waals surface area contributed by atoms with Crippen LogP contribution in [0.3, 0.4) is 0 Å². The van der Waals surface area contributed by atoms with Gasteiger partial charge in [-0.1, -0.05) is 19.1 Å². The molecule has 0 aliphatic rings. The first-order chi connectivity index (χ1) is 14.4. The number of pyridine rings is 1. The van der Waals surface area contributed by atoms with Crippen LogP contribution in [0.15, 0.2) is 59.5 Å². The molecule has 2 aromatic heterocycles. The maximum Gasteiger partial charge on any atom is 0.353 e. The normalized spacial score (nSPS) is 11.2. The fourth-order valence-corrected chi connectivity index (χ4v) is 3.72. The highest BCUT2D eigenvalue weighted by Crippen LogP contribution is 2.35. The van der Waals surface area contributed by atoms with Crippen LogP contribution in [0.5, 0.6) is 0 Å². The van der Waals surface area contributed by atoms with Crippen molar-refractivity contribution >= 4 is 16.9 Å². The van der Waals surface area contributed by atoms with Gasteiger partial charge in [-0.05, 0) is 42.3 Å². The zero-order valence-electron chi connectivity index (χ0n) is 16.1. The Labute approximate surface area is 170 Å². The molecule has 0 amide bonds. The zero-order valence-corrected chi connectivity index (χ0v) is 16.1. The molecule has 0 radical (unpaired) electrons. The molecular formula is C23H18F2N2O3. The van der Waals surface area contributed by atoms with Crippen molar-refractivity contribution in [3.63, 3.8) is 0 Å². The van der Waals surface area contributed by atoms with Gasteiger partial charge in [0.2, 0.25) is 0 Å². The molecule has 0 fully saturated rings. The van der Waals surface area contributed by atoms with Crippen LogP contribution in [-0.2, 0) is 13.0 Å². The predicted molar refractivity (Wildman–Crippen MR) is 110 cm³/mol. The number of rotatable bonds is 5. The molecule has 2 heterocycles. The smallest absolute Gasteiger partial charge is 0.353 e. The van der Waals surface area contributed by atoms with Gasteiger partial charge in [0, 0.05) is 39.9 Å². The van der Waals surface area contributed by atoms with Crippen LogP contribution in [0.25, 0.3) is 22.0 Å². The molecule has 4 rings (SSSR count). The van der Waals surface area contributed by atoms with Crippen LogP contribution in [0.2, 0.25) is 0 Å². The summed E-state index contributed by atoms with van der Waals surface area (Å²) in [4.78, 5) is 27.4. The summed E-state index contributed by atoms with van der Waals surface area (Å²) < 4.78 is 29.1. The van der Waals surface area contributed by atoms with Gasteiger partial charge in [-0.25, -0.2) is 13.6 Å². The molecule has 2 aromatic carbocycles. The minimum absolute atomic E-state index is 0.125. The van der Waals surface area contributed by atoms with E-state index >= 15 is 0 Å². The third-order valence-corrected chi connectivity index (χ3v) is 5.17. The van der Waals surface area contributed by atoms with Crippen molar-refractivity contribution in [2.75, 3.05) is 0 Å². The minimum atomic E-state index is -1.25. The molecule has 0 bridgehead atoms. The molecule has 0 unspecified atom stereocenters. The van der Waals surface area contributed by atoms with Crippen LogP contribution >= 0.6 is 0 Å². The first-order valence-electron chi connectivity index (χ1n) is 9.41. The molecule has 0 aliphatic heterocycles. The maximum absolute atomic E-state index is 14.3. The molecule has 0 saturated heterocycles. The summed E-state index contributed by atoms with van der Waals surface area (Å²) in [7, 11) is 0. The lowest BCUT2D eigenvalue weighted by Crippen LogP contribution is -2.14. The Morgan fingerprint density at radius 1 is 1.13 bits per heavy atom. The molecular weight excluding hydrogens is 390 g/mol. The van der Waals surface area contributed by atoms with Gasteiger partial charge >= 0.3 is 5.97 Å². The average Bonchev–Trinajstić information content (AvgIpc) is 3.04. The summed E-state index contributed by atoms with van der Waals surface area (Å²) >= 11 is 0. The second-order valence-electron chi connectivity index (χ2n) is 6.97. The molecule has 5 nitrogen and oxygen atoms in total. The van der Waals surface area contributed by atoms with Gasteiger partial charge in [0.05, 0.1) is 6.54 Å². The van der Waals surface area contributed by atoms with Crippen molar-refractivity contribution in [2.45, 2.75) is 19.9 Å². The van der Waals surface area contributed by atoms with Gasteiger partial charge < -0.3 is 14.7 Å². The summed E-state index contributed by atoms with van der Waals surface area (Å²) in [6.45, 7) is 1.85. The SMILES string of the molecule is CCc1ccc2c(c1)c(-c1ccc[nH]c1=O)c(C(=O)O)n2Cc1ccc(F)cc1F. The van der Waals surface area contributed by atoms with Gasteiger partial charge in [0.1, 0.15) is 17.3 Å². The van der Waals surface area contributed by atoms with Gasteiger partial charge in [-0.2, -0.15) is 0 Å². The number of halogens is 2. The maximum atomic E-state index is 14.3. The largest absolute Gasteiger partial charge is 0.477 e. The molecule has 0 aliphatic carbocycles. The highest BCUT2D eigenvalue weighted by Gasteiger charge is 2.26. The van der Waals surface area contributed by atoms with E-state index in [2.05, 4.69) is 4.98 Å². The number of hydrogen-bond acceptors (Lipinski definition) is 2. The van der Waals surface area contributed by atoms with Crippen molar-refractivity contribution in [1.82, 2.24) is 9.55 Å². The number of H-pyrrole nitrogens is 1. The van der Waals surface area contributed by atoms with E-state index in [-0.39, 0.29) is 28.9 Å². The first kappa shape index (κ1) is 19.6. The van der Waals surface area contributed by atoms with Gasteiger partial charge in [0.15, 0.2) is 0 Å². The number of nitrogens with one attached hydrogen (secondary N) is 1. The predicted octanol–water partition coefficient (Wildman–Crippen LogP) is 4.58. The van der Waals surface area contributed by atoms with Crippen molar-refractivity contribution in [3.05, 3.63) is 93.5 Å². The third kappa shape index (κ3) is 3.28. The summed E-state index contributed by atoms with van der Waals surface area (Å²) in [5, 5.41) is 10.6. The van der Waals surface area contributed by atoms with E-state index in [9.17, 15) is 23.5 Å². The van der Waals surface area contributed by atoms with Crippen molar-refractivity contribution in [3.8, 4) is 11.1 Å². The molecule has 30 heavy (non-hydrogen) atoms. The number of aromatic amines is 1. The number of nitrogens with zero attached hydrogens (tertiary/aromatic N) is 1. The van der Waals surface area contributed by atoms with Gasteiger partial charge in [-0.3, -0.25) is 4.79 Å². The molecule has 0 spiro atoms. The van der Waals surface area contributed by atoms with Crippen LogP contribution in [0, 0.1) is 11.6 Å². The van der Waals surface area contributed by atoms with E-state index in [1.807, 2.05) is 19.1 Å². The number of carbonyl (C=O) groups is 1. The van der Waals surface area contributed by atoms with Crippen molar-refractivity contribution in [1.29, 1.82) is 0 Å². The Hall–Kier alpha value is -3.74. The Morgan fingerprint density at radius 3 is 2.60 bits per heavy atom. The van der Waals surface area contributed by atoms with Crippen molar-refractivity contribution in [2.24, 2.45) is 0 Å². The summed E-state index contributed by atoms with van der Waals surface area (Å²) in [6, 6.07) is 11.8. The van der Waals surface area contributed by atoms with Crippen LogP contribution in [0.4, 0.5) is 8.78 Å². The summed E-state index contributed by atoms with van der Waals surface area (Å²) in [5.74, 6) is -2.72. The lowest BCUT2D eigenvalue weighted by Gasteiger charge is -2.10. The van der Waals surface area contributed by atoms with Crippen LogP contribution in [-0.4, -0.2) is 20.6 Å². The zero-order chi connectivity index (χ0) is 21.4. The fourth-order valence-electron chi connectivity index (χ4n) is 3.72. The number of aromatic nitrogens is 2. The molecule has 2 N–H and O–H groups in total. The van der Waals surface area contributed by atoms with E-state index in [1.54, 1.807) is 18.2 Å². The van der Waals surface area contributed by atoms with Crippen molar-refractivity contribution < 1.29 is 18.7 Å². The molecule has 152 valence electrons. The van der Waals surface area contributed by atoms with E-state index < -0.39 is 23.2 Å². The quantitative estimate of drug-likeness (QED) is 0.507. The van der Waals surface area contributed by atoms with E-state index in [4.69, 9.17) is 0 Å². The second-order valence-corrected chi connectivity index (χ2v) is 6.97. The summed E-state index contributed by atoms with van der Waals surface area (Å²) in [6.07, 6.45) is 2.19. The number of fused-ring (bicyclic) bond motifs is 1. The van der Waals surface area contributed by atoms with E-state index in [0.29, 0.717) is 10.9 Å². The lowest BCUT2D eigenvalue weighted by atomic mass is 10.0. The lowest BCUT2D eigenvalue weighted by molar-refractivity contribution is 0.0687.